The van der Waals surface area contributed by atoms with Gasteiger partial charge in [0.2, 0.25) is 0 Å². The Kier molecular flexibility index (Phi) is 5.06. The van der Waals surface area contributed by atoms with E-state index in [1.807, 2.05) is 4.90 Å². The van der Waals surface area contributed by atoms with E-state index in [9.17, 15) is 4.79 Å². The van der Waals surface area contributed by atoms with E-state index < -0.39 is 0 Å². The molecule has 0 aromatic carbocycles. The number of nitrogens with one attached hydrogen (secondary N) is 1. The van der Waals surface area contributed by atoms with E-state index >= 15 is 0 Å². The molecule has 0 aliphatic carbocycles. The van der Waals surface area contributed by atoms with Crippen LogP contribution in [0.5, 0.6) is 0 Å². The number of rotatable bonds is 3. The van der Waals surface area contributed by atoms with Gasteiger partial charge in [-0.05, 0) is 24.8 Å². The van der Waals surface area contributed by atoms with Crippen LogP contribution in [0.4, 0.5) is 4.79 Å². The van der Waals surface area contributed by atoms with Gasteiger partial charge in [0.15, 0.2) is 0 Å². The van der Waals surface area contributed by atoms with Crippen molar-refractivity contribution >= 4 is 6.09 Å². The predicted molar refractivity (Wildman–Crippen MR) is 64.4 cm³/mol. The minimum absolute atomic E-state index is 0.201. The summed E-state index contributed by atoms with van der Waals surface area (Å²) in [5.41, 5.74) is 0. The Bertz CT molecular complexity index is 231. The minimum Gasteiger partial charge on any atom is -0.453 e. The van der Waals surface area contributed by atoms with Gasteiger partial charge >= 0.3 is 6.09 Å². The van der Waals surface area contributed by atoms with Crippen molar-refractivity contribution in [1.29, 1.82) is 0 Å². The number of methoxy groups -OCH3 is 1. The third-order valence-electron chi connectivity index (χ3n) is 3.35. The number of likely N-dealkylation sites (N-methyl/N-ethyl adjacent to an activating group) is 1. The van der Waals surface area contributed by atoms with Crippen LogP contribution in [-0.2, 0) is 4.74 Å². The highest BCUT2D eigenvalue weighted by molar-refractivity contribution is 5.67. The normalized spacial score (nSPS) is 25.9. The second kappa shape index (κ2) is 6.09. The highest BCUT2D eigenvalue weighted by Crippen LogP contribution is 2.24. The maximum absolute atomic E-state index is 11.6. The van der Waals surface area contributed by atoms with Crippen molar-refractivity contribution in [2.75, 3.05) is 26.7 Å². The molecule has 0 spiro atoms. The molecule has 4 nitrogen and oxygen atoms in total. The fourth-order valence-electron chi connectivity index (χ4n) is 2.34. The van der Waals surface area contributed by atoms with Crippen molar-refractivity contribution in [2.24, 2.45) is 11.8 Å². The molecule has 1 aliphatic heterocycles. The number of hydrogen-bond acceptors (Lipinski definition) is 3. The number of nitrogens with zero attached hydrogens (tertiary/aromatic N) is 1. The average molecular weight is 228 g/mol. The van der Waals surface area contributed by atoms with E-state index in [0.29, 0.717) is 17.9 Å². The second-order valence-electron chi connectivity index (χ2n) is 4.87. The van der Waals surface area contributed by atoms with Crippen LogP contribution in [0.2, 0.25) is 0 Å². The van der Waals surface area contributed by atoms with Gasteiger partial charge in [0, 0.05) is 19.1 Å². The molecule has 1 fully saturated rings. The fourth-order valence-corrected chi connectivity index (χ4v) is 2.34. The molecule has 0 bridgehead atoms. The van der Waals surface area contributed by atoms with Crippen molar-refractivity contribution < 1.29 is 9.53 Å². The number of likely N-dealkylation sites (tertiary alicyclic amines) is 1. The summed E-state index contributed by atoms with van der Waals surface area (Å²) in [6.45, 7) is 9.07. The molecule has 1 heterocycles. The fraction of sp³-hybridized carbons (Fsp3) is 0.917. The van der Waals surface area contributed by atoms with Crippen molar-refractivity contribution in [3.8, 4) is 0 Å². The lowest BCUT2D eigenvalue weighted by Crippen LogP contribution is -2.52. The van der Waals surface area contributed by atoms with Gasteiger partial charge in [0.05, 0.1) is 7.11 Å². The van der Waals surface area contributed by atoms with Crippen LogP contribution in [0.25, 0.3) is 0 Å². The molecule has 4 heteroatoms. The highest BCUT2D eigenvalue weighted by Gasteiger charge is 2.31. The summed E-state index contributed by atoms with van der Waals surface area (Å²) in [6.07, 6.45) is 0.951. The van der Waals surface area contributed by atoms with Crippen molar-refractivity contribution in [2.45, 2.75) is 33.2 Å². The number of amides is 1. The molecular weight excluding hydrogens is 204 g/mol. The van der Waals surface area contributed by atoms with E-state index in [2.05, 4.69) is 26.1 Å². The van der Waals surface area contributed by atoms with Gasteiger partial charge in [-0.1, -0.05) is 20.8 Å². The summed E-state index contributed by atoms with van der Waals surface area (Å²) in [5.74, 6) is 1.17. The molecule has 1 N–H and O–H groups in total. The molecule has 16 heavy (non-hydrogen) atoms. The smallest absolute Gasteiger partial charge is 0.409 e. The molecule has 1 amide bonds. The van der Waals surface area contributed by atoms with E-state index in [4.69, 9.17) is 4.74 Å². The van der Waals surface area contributed by atoms with Crippen LogP contribution < -0.4 is 5.32 Å². The van der Waals surface area contributed by atoms with Gasteiger partial charge in [0.1, 0.15) is 0 Å². The summed E-state index contributed by atoms with van der Waals surface area (Å²) in [6, 6.07) is 0.408. The molecule has 2 atom stereocenters. The maximum atomic E-state index is 11.6. The van der Waals surface area contributed by atoms with E-state index in [-0.39, 0.29) is 6.09 Å². The van der Waals surface area contributed by atoms with Gasteiger partial charge in [-0.15, -0.1) is 0 Å². The summed E-state index contributed by atoms with van der Waals surface area (Å²) < 4.78 is 4.80. The Labute approximate surface area is 98.3 Å². The molecule has 0 radical (unpaired) electrons. The van der Waals surface area contributed by atoms with Crippen molar-refractivity contribution in [3.63, 3.8) is 0 Å². The molecule has 2 unspecified atom stereocenters. The number of hydrogen-bond donors (Lipinski definition) is 1. The molecule has 1 rings (SSSR count). The van der Waals surface area contributed by atoms with Crippen LogP contribution in [0.3, 0.4) is 0 Å². The topological polar surface area (TPSA) is 41.6 Å². The summed E-state index contributed by atoms with van der Waals surface area (Å²) >= 11 is 0. The zero-order valence-electron chi connectivity index (χ0n) is 10.8. The minimum atomic E-state index is -0.201. The highest BCUT2D eigenvalue weighted by atomic mass is 16.5. The van der Waals surface area contributed by atoms with Gasteiger partial charge in [-0.2, -0.15) is 0 Å². The first-order valence-corrected chi connectivity index (χ1v) is 6.14. The van der Waals surface area contributed by atoms with Crippen LogP contribution >= 0.6 is 0 Å². The van der Waals surface area contributed by atoms with Crippen molar-refractivity contribution in [3.05, 3.63) is 0 Å². The van der Waals surface area contributed by atoms with Gasteiger partial charge in [0.25, 0.3) is 0 Å². The molecule has 94 valence electrons. The second-order valence-corrected chi connectivity index (χ2v) is 4.87. The zero-order chi connectivity index (χ0) is 12.1. The van der Waals surface area contributed by atoms with Gasteiger partial charge in [-0.3, -0.25) is 0 Å². The van der Waals surface area contributed by atoms with Gasteiger partial charge < -0.3 is 15.0 Å². The Morgan fingerprint density at radius 2 is 2.19 bits per heavy atom. The first kappa shape index (κ1) is 13.3. The van der Waals surface area contributed by atoms with E-state index in [1.165, 1.54) is 7.11 Å². The number of ether oxygens (including phenoxy) is 1. The number of carbonyl (C=O) groups excluding carboxylic acids is 1. The third-order valence-corrected chi connectivity index (χ3v) is 3.35. The molecule has 1 aliphatic rings. The quantitative estimate of drug-likeness (QED) is 0.799. The van der Waals surface area contributed by atoms with Crippen LogP contribution in [0, 0.1) is 11.8 Å². The third kappa shape index (κ3) is 3.37. The largest absolute Gasteiger partial charge is 0.453 e. The maximum Gasteiger partial charge on any atom is 0.409 e. The Hall–Kier alpha value is -0.770. The first-order valence-electron chi connectivity index (χ1n) is 6.14. The zero-order valence-corrected chi connectivity index (χ0v) is 10.8. The lowest BCUT2D eigenvalue weighted by atomic mass is 9.85. The lowest BCUT2D eigenvalue weighted by molar-refractivity contribution is 0.0814. The Morgan fingerprint density at radius 1 is 1.50 bits per heavy atom. The standard InChI is InChI=1S/C12H24N2O2/c1-5-13-11-6-10(9(2)3)7-14(8-11)12(15)16-4/h9-11,13H,5-8H2,1-4H3. The molecule has 0 aromatic heterocycles. The predicted octanol–water partition coefficient (Wildman–Crippen LogP) is 1.71. The van der Waals surface area contributed by atoms with Crippen LogP contribution in [0.15, 0.2) is 0 Å². The summed E-state index contributed by atoms with van der Waals surface area (Å²) in [5, 5.41) is 3.43. The van der Waals surface area contributed by atoms with Crippen LogP contribution in [0.1, 0.15) is 27.2 Å². The first-order chi connectivity index (χ1) is 7.58. The van der Waals surface area contributed by atoms with Crippen molar-refractivity contribution in [1.82, 2.24) is 10.2 Å². The average Bonchev–Trinajstić information content (AvgIpc) is 2.28. The monoisotopic (exact) mass is 228 g/mol. The van der Waals surface area contributed by atoms with Gasteiger partial charge in [-0.25, -0.2) is 4.79 Å². The number of carbonyl (C=O) groups is 1. The summed E-state index contributed by atoms with van der Waals surface area (Å²) in [7, 11) is 1.45. The lowest BCUT2D eigenvalue weighted by Gasteiger charge is -2.39. The molecule has 0 saturated carbocycles. The van der Waals surface area contributed by atoms with Crippen LogP contribution in [-0.4, -0.2) is 43.8 Å². The SMILES string of the molecule is CCNC1CC(C(C)C)CN(C(=O)OC)C1. The molecule has 1 saturated heterocycles. The Morgan fingerprint density at radius 3 is 2.69 bits per heavy atom. The molecular formula is C12H24N2O2. The van der Waals surface area contributed by atoms with E-state index in [0.717, 1.165) is 26.1 Å². The van der Waals surface area contributed by atoms with E-state index in [1.54, 1.807) is 0 Å². The summed E-state index contributed by atoms with van der Waals surface area (Å²) in [4.78, 5) is 13.4. The number of piperidine rings is 1. The molecule has 0 aromatic rings. The Balaban J connectivity index is 2.62.